The third-order valence-corrected chi connectivity index (χ3v) is 3.67. The van der Waals surface area contributed by atoms with E-state index < -0.39 is 15.7 Å². The molecule has 0 radical (unpaired) electrons. The number of anilines is 1. The number of hydrogen-bond donors (Lipinski definition) is 2. The van der Waals surface area contributed by atoms with Gasteiger partial charge in [-0.25, -0.2) is 8.78 Å². The van der Waals surface area contributed by atoms with Gasteiger partial charge in [-0.1, -0.05) is 0 Å². The maximum atomic E-state index is 13.4. The lowest BCUT2D eigenvalue weighted by Gasteiger charge is -2.20. The van der Waals surface area contributed by atoms with Gasteiger partial charge in [0.05, 0.1) is 8.97 Å². The second-order valence-electron chi connectivity index (χ2n) is 3.37. The van der Waals surface area contributed by atoms with Gasteiger partial charge < -0.3 is 10.3 Å². The van der Waals surface area contributed by atoms with E-state index in [2.05, 4.69) is 0 Å². The van der Waals surface area contributed by atoms with Gasteiger partial charge >= 0.3 is 0 Å². The van der Waals surface area contributed by atoms with E-state index in [1.54, 1.807) is 13.8 Å². The number of nitrogens with two attached hydrogens (primary N) is 1. The molecule has 0 unspecified atom stereocenters. The molecule has 3 N–H and O–H groups in total. The van der Waals surface area contributed by atoms with Crippen LogP contribution >= 0.6 is 23.8 Å². The van der Waals surface area contributed by atoms with Crippen molar-refractivity contribution in [2.24, 2.45) is 0 Å². The highest BCUT2D eigenvalue weighted by Crippen LogP contribution is 2.43. The number of hydrogen-bond acceptors (Lipinski definition) is 4. The molecule has 0 aliphatic carbocycles. The molecule has 2 nitrogen and oxygen atoms in total. The molecule has 0 saturated carbocycles. The molecule has 1 aromatic carbocycles. The SMILES string of the molecule is CC(C)(SO)Sc1c(N)ccc(F)c1F. The Bertz CT molecular complexity index is 371. The fourth-order valence-corrected chi connectivity index (χ4v) is 2.18. The molecule has 6 heteroatoms. The zero-order valence-electron chi connectivity index (χ0n) is 8.25. The lowest BCUT2D eigenvalue weighted by atomic mass is 10.3. The second kappa shape index (κ2) is 4.59. The molecular formula is C9H11F2NOS2. The Morgan fingerprint density at radius 1 is 1.33 bits per heavy atom. The molecule has 0 heterocycles. The zero-order valence-corrected chi connectivity index (χ0v) is 9.88. The number of benzene rings is 1. The van der Waals surface area contributed by atoms with Crippen LogP contribution in [0.2, 0.25) is 0 Å². The van der Waals surface area contributed by atoms with E-state index >= 15 is 0 Å². The van der Waals surface area contributed by atoms with E-state index in [1.807, 2.05) is 0 Å². The Balaban J connectivity index is 3.09. The highest BCUT2D eigenvalue weighted by Gasteiger charge is 2.24. The zero-order chi connectivity index (χ0) is 11.6. The van der Waals surface area contributed by atoms with E-state index in [9.17, 15) is 8.78 Å². The van der Waals surface area contributed by atoms with Gasteiger partial charge in [-0.2, -0.15) is 0 Å². The van der Waals surface area contributed by atoms with Gasteiger partial charge in [-0.05, 0) is 26.0 Å². The van der Waals surface area contributed by atoms with E-state index in [-0.39, 0.29) is 10.6 Å². The van der Waals surface area contributed by atoms with Crippen molar-refractivity contribution in [1.82, 2.24) is 0 Å². The average Bonchev–Trinajstić information content (AvgIpc) is 2.19. The molecule has 0 spiro atoms. The quantitative estimate of drug-likeness (QED) is 0.373. The van der Waals surface area contributed by atoms with Crippen LogP contribution in [0.4, 0.5) is 14.5 Å². The van der Waals surface area contributed by atoms with Crippen molar-refractivity contribution >= 4 is 29.5 Å². The Labute approximate surface area is 95.4 Å². The molecule has 1 aromatic rings. The summed E-state index contributed by atoms with van der Waals surface area (Å²) in [6, 6.07) is 2.28. The Hall–Kier alpha value is -0.460. The first kappa shape index (κ1) is 12.6. The highest BCUT2D eigenvalue weighted by atomic mass is 32.2. The summed E-state index contributed by atoms with van der Waals surface area (Å²) in [5, 5.41) is 0. The van der Waals surface area contributed by atoms with Crippen molar-refractivity contribution in [2.45, 2.75) is 22.8 Å². The van der Waals surface area contributed by atoms with Crippen LogP contribution in [-0.2, 0) is 0 Å². The fraction of sp³-hybridized carbons (Fsp3) is 0.333. The topological polar surface area (TPSA) is 46.2 Å². The summed E-state index contributed by atoms with van der Waals surface area (Å²) in [7, 11) is 0. The van der Waals surface area contributed by atoms with Gasteiger partial charge in [-0.15, -0.1) is 11.8 Å². The van der Waals surface area contributed by atoms with Crippen LogP contribution in [0, 0.1) is 11.6 Å². The largest absolute Gasteiger partial charge is 0.398 e. The number of halogens is 2. The Morgan fingerprint density at radius 3 is 2.47 bits per heavy atom. The Morgan fingerprint density at radius 2 is 1.93 bits per heavy atom. The molecule has 15 heavy (non-hydrogen) atoms. The van der Waals surface area contributed by atoms with Gasteiger partial charge in [0.25, 0.3) is 0 Å². The molecule has 0 fully saturated rings. The molecule has 0 aliphatic heterocycles. The average molecular weight is 251 g/mol. The van der Waals surface area contributed by atoms with Crippen LogP contribution < -0.4 is 5.73 Å². The molecule has 0 saturated heterocycles. The van der Waals surface area contributed by atoms with Gasteiger partial charge in [-0.3, -0.25) is 0 Å². The van der Waals surface area contributed by atoms with Crippen molar-refractivity contribution in [3.8, 4) is 0 Å². The van der Waals surface area contributed by atoms with Gasteiger partial charge in [0.2, 0.25) is 0 Å². The lowest BCUT2D eigenvalue weighted by molar-refractivity contribution is 0.492. The van der Waals surface area contributed by atoms with Gasteiger partial charge in [0, 0.05) is 17.7 Å². The summed E-state index contributed by atoms with van der Waals surface area (Å²) in [6.07, 6.45) is 0. The third-order valence-electron chi connectivity index (χ3n) is 1.65. The first-order valence-corrected chi connectivity index (χ1v) is 5.71. The van der Waals surface area contributed by atoms with E-state index in [0.717, 1.165) is 17.8 Å². The molecule has 0 amide bonds. The summed E-state index contributed by atoms with van der Waals surface area (Å²) >= 11 is 1.55. The molecular weight excluding hydrogens is 240 g/mol. The second-order valence-corrected chi connectivity index (χ2v) is 6.47. The molecule has 0 aliphatic rings. The van der Waals surface area contributed by atoms with E-state index in [1.165, 1.54) is 6.07 Å². The van der Waals surface area contributed by atoms with Crippen molar-refractivity contribution in [3.05, 3.63) is 23.8 Å². The molecule has 0 bridgehead atoms. The lowest BCUT2D eigenvalue weighted by Crippen LogP contribution is -2.09. The van der Waals surface area contributed by atoms with Crippen LogP contribution in [0.5, 0.6) is 0 Å². The summed E-state index contributed by atoms with van der Waals surface area (Å²) in [5.41, 5.74) is 5.70. The number of nitrogen functional groups attached to an aromatic ring is 1. The third kappa shape index (κ3) is 2.99. The van der Waals surface area contributed by atoms with Crippen molar-refractivity contribution in [1.29, 1.82) is 0 Å². The molecule has 84 valence electrons. The molecule has 0 aromatic heterocycles. The van der Waals surface area contributed by atoms with Gasteiger partial charge in [0.1, 0.15) is 0 Å². The first-order valence-electron chi connectivity index (χ1n) is 4.12. The smallest absolute Gasteiger partial charge is 0.174 e. The normalized spacial score (nSPS) is 11.8. The first-order chi connectivity index (χ1) is 6.87. The van der Waals surface area contributed by atoms with Crippen LogP contribution in [0.1, 0.15) is 13.8 Å². The van der Waals surface area contributed by atoms with E-state index in [4.69, 9.17) is 10.3 Å². The standard InChI is InChI=1S/C9H11F2NOS2/c1-9(2,15-13)14-8-6(12)4-3-5(10)7(8)11/h3-4,13H,12H2,1-2H3. The summed E-state index contributed by atoms with van der Waals surface area (Å²) < 4.78 is 34.6. The summed E-state index contributed by atoms with van der Waals surface area (Å²) in [6.45, 7) is 3.37. The van der Waals surface area contributed by atoms with Crippen molar-refractivity contribution in [3.63, 3.8) is 0 Å². The predicted molar refractivity (Wildman–Crippen MR) is 60.9 cm³/mol. The minimum atomic E-state index is -0.970. The maximum absolute atomic E-state index is 13.4. The van der Waals surface area contributed by atoms with Crippen LogP contribution in [-0.4, -0.2) is 8.63 Å². The minimum Gasteiger partial charge on any atom is -0.398 e. The summed E-state index contributed by atoms with van der Waals surface area (Å²) in [5.74, 6) is -1.91. The monoisotopic (exact) mass is 251 g/mol. The van der Waals surface area contributed by atoms with E-state index in [0.29, 0.717) is 12.0 Å². The maximum Gasteiger partial charge on any atom is 0.174 e. The van der Waals surface area contributed by atoms with Crippen LogP contribution in [0.3, 0.4) is 0 Å². The van der Waals surface area contributed by atoms with Gasteiger partial charge in [0.15, 0.2) is 11.6 Å². The fourth-order valence-electron chi connectivity index (χ4n) is 0.915. The van der Waals surface area contributed by atoms with Crippen molar-refractivity contribution < 1.29 is 13.3 Å². The highest BCUT2D eigenvalue weighted by molar-refractivity contribution is 8.15. The van der Waals surface area contributed by atoms with Crippen LogP contribution in [0.25, 0.3) is 0 Å². The minimum absolute atomic E-state index is 0.0292. The predicted octanol–water partition coefficient (Wildman–Crippen LogP) is 3.58. The summed E-state index contributed by atoms with van der Waals surface area (Å²) in [4.78, 5) is 0.0292. The number of thioether (sulfide) groups is 1. The Kier molecular flexibility index (Phi) is 3.86. The number of rotatable bonds is 3. The van der Waals surface area contributed by atoms with Crippen molar-refractivity contribution in [2.75, 3.05) is 5.73 Å². The molecule has 0 atom stereocenters. The molecule has 1 rings (SSSR count). The van der Waals surface area contributed by atoms with Crippen LogP contribution in [0.15, 0.2) is 17.0 Å².